The normalized spacial score (nSPS) is 14.1. The summed E-state index contributed by atoms with van der Waals surface area (Å²) in [5.74, 6) is 1.30. The molecule has 1 aliphatic heterocycles. The number of amides is 1. The minimum absolute atomic E-state index is 0.147. The number of imidazole rings is 1. The van der Waals surface area contributed by atoms with Crippen molar-refractivity contribution in [1.82, 2.24) is 24.4 Å². The maximum atomic E-state index is 12.7. The molecule has 0 bridgehead atoms. The van der Waals surface area contributed by atoms with E-state index in [1.165, 1.54) is 11.1 Å². The van der Waals surface area contributed by atoms with Gasteiger partial charge in [-0.3, -0.25) is 0 Å². The highest BCUT2D eigenvalue weighted by Crippen LogP contribution is 2.36. The van der Waals surface area contributed by atoms with Crippen LogP contribution in [0.3, 0.4) is 0 Å². The van der Waals surface area contributed by atoms with E-state index >= 15 is 0 Å². The second kappa shape index (κ2) is 11.6. The lowest BCUT2D eigenvalue weighted by atomic mass is 10.0. The second-order valence-corrected chi connectivity index (χ2v) is 11.5. The number of aryl methyl sites for hydroxylation is 2. The van der Waals surface area contributed by atoms with Crippen molar-refractivity contribution in [1.29, 1.82) is 0 Å². The van der Waals surface area contributed by atoms with Gasteiger partial charge in [0, 0.05) is 36.6 Å². The van der Waals surface area contributed by atoms with E-state index in [1.807, 2.05) is 57.4 Å². The molecule has 1 aliphatic rings. The first-order chi connectivity index (χ1) is 19.6. The number of carbonyl (C=O) groups is 1. The number of methoxy groups -OCH3 is 1. The fraction of sp³-hybridized carbons (Fsp3) is 0.375. The van der Waals surface area contributed by atoms with Crippen LogP contribution in [0.2, 0.25) is 0 Å². The van der Waals surface area contributed by atoms with Crippen LogP contribution in [0.25, 0.3) is 22.6 Å². The first kappa shape index (κ1) is 28.1. The Bertz CT molecular complexity index is 1500. The van der Waals surface area contributed by atoms with E-state index < -0.39 is 5.60 Å². The number of ether oxygens (including phenoxy) is 2. The van der Waals surface area contributed by atoms with Crippen LogP contribution < -0.4 is 10.1 Å². The van der Waals surface area contributed by atoms with Gasteiger partial charge < -0.3 is 24.3 Å². The van der Waals surface area contributed by atoms with Gasteiger partial charge in [0.2, 0.25) is 5.95 Å². The van der Waals surface area contributed by atoms with Crippen molar-refractivity contribution in [2.45, 2.75) is 59.1 Å². The third-order valence-electron chi connectivity index (χ3n) is 7.04. The van der Waals surface area contributed by atoms with Crippen molar-refractivity contribution in [2.75, 3.05) is 25.5 Å². The number of rotatable bonds is 6. The second-order valence-electron chi connectivity index (χ2n) is 11.5. The molecule has 0 spiro atoms. The largest absolute Gasteiger partial charge is 0.497 e. The van der Waals surface area contributed by atoms with Crippen LogP contribution in [0.5, 0.6) is 5.75 Å². The maximum Gasteiger partial charge on any atom is 0.410 e. The van der Waals surface area contributed by atoms with Crippen molar-refractivity contribution in [3.8, 4) is 28.4 Å². The molecule has 41 heavy (non-hydrogen) atoms. The maximum absolute atomic E-state index is 12.7. The van der Waals surface area contributed by atoms with Crippen LogP contribution in [-0.2, 0) is 4.74 Å². The molecule has 1 saturated heterocycles. The van der Waals surface area contributed by atoms with Gasteiger partial charge in [0.15, 0.2) is 0 Å². The average Bonchev–Trinajstić information content (AvgIpc) is 3.37. The van der Waals surface area contributed by atoms with Crippen LogP contribution in [0.15, 0.2) is 61.1 Å². The van der Waals surface area contributed by atoms with Gasteiger partial charge in [-0.1, -0.05) is 6.07 Å². The molecular formula is C32H38N6O3. The Morgan fingerprint density at radius 3 is 2.29 bits per heavy atom. The summed E-state index contributed by atoms with van der Waals surface area (Å²) in [6, 6.07) is 16.2. The zero-order valence-electron chi connectivity index (χ0n) is 24.6. The number of hydrogen-bond donors (Lipinski definition) is 1. The molecule has 1 fully saturated rings. The van der Waals surface area contributed by atoms with Gasteiger partial charge in [-0.15, -0.1) is 0 Å². The molecule has 0 saturated carbocycles. The molecule has 9 nitrogen and oxygen atoms in total. The third kappa shape index (κ3) is 6.67. The van der Waals surface area contributed by atoms with Gasteiger partial charge >= 0.3 is 6.09 Å². The fourth-order valence-corrected chi connectivity index (χ4v) is 5.23. The molecule has 4 aromatic rings. The zero-order chi connectivity index (χ0) is 29.1. The molecule has 0 radical (unpaired) electrons. The van der Waals surface area contributed by atoms with Gasteiger partial charge in [0.25, 0.3) is 0 Å². The monoisotopic (exact) mass is 554 g/mol. The number of benzene rings is 2. The minimum Gasteiger partial charge on any atom is -0.497 e. The number of carbonyl (C=O) groups excluding carboxylic acids is 1. The molecule has 5 rings (SSSR count). The molecule has 0 atom stereocenters. The summed E-state index contributed by atoms with van der Waals surface area (Å²) in [6.07, 6.45) is 4.96. The first-order valence-corrected chi connectivity index (χ1v) is 14.0. The van der Waals surface area contributed by atoms with Gasteiger partial charge in [-0.25, -0.2) is 19.7 Å². The summed E-state index contributed by atoms with van der Waals surface area (Å²) < 4.78 is 13.2. The molecule has 1 amide bonds. The van der Waals surface area contributed by atoms with E-state index in [1.54, 1.807) is 18.2 Å². The summed E-state index contributed by atoms with van der Waals surface area (Å²) in [7, 11) is 1.66. The molecular weight excluding hydrogens is 516 g/mol. The molecule has 0 unspecified atom stereocenters. The van der Waals surface area contributed by atoms with Crippen molar-refractivity contribution >= 4 is 17.7 Å². The van der Waals surface area contributed by atoms with Crippen molar-refractivity contribution in [3.05, 3.63) is 72.2 Å². The Morgan fingerprint density at radius 1 is 0.976 bits per heavy atom. The summed E-state index contributed by atoms with van der Waals surface area (Å²) >= 11 is 0. The highest BCUT2D eigenvalue weighted by atomic mass is 16.6. The third-order valence-corrected chi connectivity index (χ3v) is 7.04. The predicted octanol–water partition coefficient (Wildman–Crippen LogP) is 6.95. The van der Waals surface area contributed by atoms with Gasteiger partial charge in [-0.05, 0) is 101 Å². The van der Waals surface area contributed by atoms with E-state index in [0.717, 1.165) is 46.9 Å². The molecule has 2 aromatic heterocycles. The Labute approximate surface area is 241 Å². The van der Waals surface area contributed by atoms with Crippen LogP contribution in [-0.4, -0.2) is 56.3 Å². The van der Waals surface area contributed by atoms with Gasteiger partial charge in [0.1, 0.15) is 11.4 Å². The standard InChI is InChI=1S/C32H38N6O3/c1-21-17-22(2)19-24(18-21)35-30-33-14-11-27(36-30)29-28(23-7-9-26(40-6)10-8-23)34-20-38(29)25-12-15-37(16-13-25)31(39)41-32(3,4)5/h7-11,14,17-20,25H,12-13,15-16H2,1-6H3,(H,33,35,36). The summed E-state index contributed by atoms with van der Waals surface area (Å²) in [5.41, 5.74) is 6.24. The molecule has 214 valence electrons. The number of hydrogen-bond acceptors (Lipinski definition) is 7. The Balaban J connectivity index is 1.48. The zero-order valence-corrected chi connectivity index (χ0v) is 24.6. The minimum atomic E-state index is -0.519. The smallest absolute Gasteiger partial charge is 0.410 e. The van der Waals surface area contributed by atoms with Crippen molar-refractivity contribution < 1.29 is 14.3 Å². The van der Waals surface area contributed by atoms with Crippen LogP contribution >= 0.6 is 0 Å². The highest BCUT2D eigenvalue weighted by Gasteiger charge is 2.30. The lowest BCUT2D eigenvalue weighted by molar-refractivity contribution is 0.0189. The molecule has 9 heteroatoms. The lowest BCUT2D eigenvalue weighted by Gasteiger charge is -2.34. The topological polar surface area (TPSA) is 94.4 Å². The Morgan fingerprint density at radius 2 is 1.66 bits per heavy atom. The van der Waals surface area contributed by atoms with Gasteiger partial charge in [0.05, 0.1) is 30.5 Å². The van der Waals surface area contributed by atoms with E-state index in [0.29, 0.717) is 19.0 Å². The highest BCUT2D eigenvalue weighted by molar-refractivity contribution is 5.78. The Kier molecular flexibility index (Phi) is 7.97. The quantitative estimate of drug-likeness (QED) is 0.276. The first-order valence-electron chi connectivity index (χ1n) is 14.0. The van der Waals surface area contributed by atoms with Crippen LogP contribution in [0, 0.1) is 13.8 Å². The molecule has 1 N–H and O–H groups in total. The number of likely N-dealkylation sites (tertiary alicyclic amines) is 1. The number of aromatic nitrogens is 4. The molecule has 3 heterocycles. The lowest BCUT2D eigenvalue weighted by Crippen LogP contribution is -2.42. The van der Waals surface area contributed by atoms with Gasteiger partial charge in [-0.2, -0.15) is 0 Å². The summed E-state index contributed by atoms with van der Waals surface area (Å²) in [5, 5.41) is 3.37. The predicted molar refractivity (Wildman–Crippen MR) is 161 cm³/mol. The molecule has 2 aromatic carbocycles. The van der Waals surface area contributed by atoms with Crippen LogP contribution in [0.1, 0.15) is 50.8 Å². The van der Waals surface area contributed by atoms with E-state index in [4.69, 9.17) is 19.4 Å². The number of piperidine rings is 1. The summed E-state index contributed by atoms with van der Waals surface area (Å²) in [6.45, 7) is 11.0. The van der Waals surface area contributed by atoms with E-state index in [9.17, 15) is 4.79 Å². The van der Waals surface area contributed by atoms with Crippen molar-refractivity contribution in [2.24, 2.45) is 0 Å². The SMILES string of the molecule is COc1ccc(-c2ncn(C3CCN(C(=O)OC(C)(C)C)CC3)c2-c2ccnc(Nc3cc(C)cc(C)c3)n2)cc1. The molecule has 0 aliphatic carbocycles. The Hall–Kier alpha value is -4.40. The van der Waals surface area contributed by atoms with E-state index in [2.05, 4.69) is 46.9 Å². The van der Waals surface area contributed by atoms with Crippen LogP contribution in [0.4, 0.5) is 16.4 Å². The average molecular weight is 555 g/mol. The number of nitrogens with one attached hydrogen (secondary N) is 1. The number of anilines is 2. The fourth-order valence-electron chi connectivity index (χ4n) is 5.23. The summed E-state index contributed by atoms with van der Waals surface area (Å²) in [4.78, 5) is 28.8. The van der Waals surface area contributed by atoms with E-state index in [-0.39, 0.29) is 12.1 Å². The van der Waals surface area contributed by atoms with Crippen molar-refractivity contribution in [3.63, 3.8) is 0 Å². The number of nitrogens with zero attached hydrogens (tertiary/aromatic N) is 5.